The Morgan fingerprint density at radius 2 is 1.76 bits per heavy atom. The van der Waals surface area contributed by atoms with Crippen molar-refractivity contribution in [3.8, 4) is 5.69 Å². The number of rotatable bonds is 5. The summed E-state index contributed by atoms with van der Waals surface area (Å²) in [5, 5.41) is 17.3. The first kappa shape index (κ1) is 22.7. The van der Waals surface area contributed by atoms with Crippen LogP contribution in [-0.2, 0) is 6.54 Å². The van der Waals surface area contributed by atoms with Crippen LogP contribution in [0.4, 0.5) is 15.4 Å². The Morgan fingerprint density at radius 3 is 2.39 bits per heavy atom. The Morgan fingerprint density at radius 1 is 1.06 bits per heavy atom. The van der Waals surface area contributed by atoms with Crippen molar-refractivity contribution in [1.82, 2.24) is 30.0 Å². The van der Waals surface area contributed by atoms with Gasteiger partial charge in [0.2, 0.25) is 0 Å². The number of likely N-dealkylation sites (tertiary alicyclic amines) is 1. The van der Waals surface area contributed by atoms with Crippen molar-refractivity contribution >= 4 is 17.9 Å². The monoisotopic (exact) mass is 455 g/mol. The molecule has 2 saturated heterocycles. The van der Waals surface area contributed by atoms with Crippen molar-refractivity contribution in [3.63, 3.8) is 0 Å². The second-order valence-corrected chi connectivity index (χ2v) is 8.30. The lowest BCUT2D eigenvalue weighted by Gasteiger charge is -2.31. The zero-order chi connectivity index (χ0) is 23.2. The van der Waals surface area contributed by atoms with Gasteiger partial charge in [0.05, 0.1) is 5.69 Å². The molecule has 176 valence electrons. The molecule has 1 aromatic heterocycles. The van der Waals surface area contributed by atoms with Crippen LogP contribution < -0.4 is 21.6 Å². The number of hydrogen-bond donors (Lipinski definition) is 4. The molecule has 2 aromatic rings. The molecular weight excluding hydrogens is 426 g/mol. The van der Waals surface area contributed by atoms with Gasteiger partial charge in [-0.05, 0) is 36.6 Å². The minimum atomic E-state index is -0.969. The molecule has 2 fully saturated rings. The third-order valence-electron chi connectivity index (χ3n) is 5.98. The number of piperazine rings is 1. The molecule has 1 aromatic carbocycles. The normalized spacial score (nSPS) is 17.5. The van der Waals surface area contributed by atoms with E-state index in [0.29, 0.717) is 18.8 Å². The van der Waals surface area contributed by atoms with Crippen molar-refractivity contribution in [2.75, 3.05) is 44.6 Å². The number of urea groups is 1. The second-order valence-electron chi connectivity index (χ2n) is 8.30. The van der Waals surface area contributed by atoms with E-state index in [1.165, 1.54) is 4.57 Å². The molecule has 33 heavy (non-hydrogen) atoms. The summed E-state index contributed by atoms with van der Waals surface area (Å²) in [6, 6.07) is 9.07. The predicted molar refractivity (Wildman–Crippen MR) is 123 cm³/mol. The van der Waals surface area contributed by atoms with E-state index in [2.05, 4.69) is 25.8 Å². The van der Waals surface area contributed by atoms with Gasteiger partial charge in [-0.1, -0.05) is 12.1 Å². The van der Waals surface area contributed by atoms with Crippen LogP contribution in [0.2, 0.25) is 0 Å². The molecule has 11 nitrogen and oxygen atoms in total. The van der Waals surface area contributed by atoms with Gasteiger partial charge in [-0.2, -0.15) is 4.98 Å². The summed E-state index contributed by atoms with van der Waals surface area (Å²) in [6.45, 7) is 5.16. The molecular formula is C22H29N7O4. The lowest BCUT2D eigenvalue weighted by molar-refractivity contribution is 0.165. The summed E-state index contributed by atoms with van der Waals surface area (Å²) in [5.74, 6) is 0.234. The zero-order valence-corrected chi connectivity index (χ0v) is 18.4. The standard InChI is InChI=1S/C22H29N7O4/c30-20(28-13-8-23-9-14-28)25-19-7-12-29(21(31)26-19)18-3-1-16(2-4-18)15-27-10-5-17(6-11-27)24-22(32)33/h1-4,7,12,17,23-24H,5-6,8-11,13-15H2,(H,32,33)(H,25,26,30,31). The smallest absolute Gasteiger partial charge is 0.404 e. The Bertz CT molecular complexity index is 1030. The van der Waals surface area contributed by atoms with Crippen LogP contribution in [0.5, 0.6) is 0 Å². The maximum atomic E-state index is 12.5. The summed E-state index contributed by atoms with van der Waals surface area (Å²) in [5.41, 5.74) is 1.35. The van der Waals surface area contributed by atoms with Crippen LogP contribution >= 0.6 is 0 Å². The number of carbonyl (C=O) groups is 2. The molecule has 4 rings (SSSR count). The number of hydrogen-bond acceptors (Lipinski definition) is 6. The van der Waals surface area contributed by atoms with Gasteiger partial charge in [-0.3, -0.25) is 14.8 Å². The molecule has 0 atom stereocenters. The first-order chi connectivity index (χ1) is 16.0. The average molecular weight is 456 g/mol. The topological polar surface area (TPSA) is 132 Å². The van der Waals surface area contributed by atoms with E-state index < -0.39 is 11.8 Å². The molecule has 3 heterocycles. The van der Waals surface area contributed by atoms with Gasteiger partial charge in [-0.25, -0.2) is 14.4 Å². The van der Waals surface area contributed by atoms with Crippen molar-refractivity contribution < 1.29 is 14.7 Å². The zero-order valence-electron chi connectivity index (χ0n) is 18.4. The van der Waals surface area contributed by atoms with E-state index in [0.717, 1.165) is 51.1 Å². The van der Waals surface area contributed by atoms with Crippen LogP contribution in [-0.4, -0.2) is 81.9 Å². The fourth-order valence-electron chi connectivity index (χ4n) is 4.16. The van der Waals surface area contributed by atoms with E-state index in [-0.39, 0.29) is 17.9 Å². The van der Waals surface area contributed by atoms with Crippen molar-refractivity contribution in [2.24, 2.45) is 0 Å². The van der Waals surface area contributed by atoms with Crippen LogP contribution in [0.25, 0.3) is 5.69 Å². The van der Waals surface area contributed by atoms with E-state index in [1.54, 1.807) is 17.2 Å². The number of anilines is 1. The van der Waals surface area contributed by atoms with Crippen LogP contribution in [0.3, 0.4) is 0 Å². The van der Waals surface area contributed by atoms with Crippen LogP contribution in [0, 0.1) is 0 Å². The minimum absolute atomic E-state index is 0.0186. The summed E-state index contributed by atoms with van der Waals surface area (Å²) < 4.78 is 1.44. The molecule has 0 saturated carbocycles. The lowest BCUT2D eigenvalue weighted by Crippen LogP contribution is -2.48. The highest BCUT2D eigenvalue weighted by Crippen LogP contribution is 2.15. The van der Waals surface area contributed by atoms with Gasteiger partial charge in [0.15, 0.2) is 0 Å². The SMILES string of the molecule is O=C(O)NC1CCN(Cc2ccc(-n3ccc(NC(=O)N4CCNCC4)nc3=O)cc2)CC1. The van der Waals surface area contributed by atoms with E-state index in [1.807, 2.05) is 24.3 Å². The molecule has 0 unspecified atom stereocenters. The molecule has 4 N–H and O–H groups in total. The third-order valence-corrected chi connectivity index (χ3v) is 5.98. The Balaban J connectivity index is 1.33. The molecule has 0 radical (unpaired) electrons. The highest BCUT2D eigenvalue weighted by Gasteiger charge is 2.20. The molecule has 2 aliphatic heterocycles. The fourth-order valence-corrected chi connectivity index (χ4v) is 4.16. The molecule has 3 amide bonds. The number of nitrogens with zero attached hydrogens (tertiary/aromatic N) is 4. The van der Waals surface area contributed by atoms with Crippen molar-refractivity contribution in [1.29, 1.82) is 0 Å². The van der Waals surface area contributed by atoms with Gasteiger partial charge in [0, 0.05) is 58.1 Å². The van der Waals surface area contributed by atoms with Crippen LogP contribution in [0.1, 0.15) is 18.4 Å². The van der Waals surface area contributed by atoms with Gasteiger partial charge in [0.1, 0.15) is 5.82 Å². The maximum absolute atomic E-state index is 12.5. The molecule has 11 heteroatoms. The van der Waals surface area contributed by atoms with E-state index in [9.17, 15) is 14.4 Å². The maximum Gasteiger partial charge on any atom is 0.404 e. The van der Waals surface area contributed by atoms with E-state index >= 15 is 0 Å². The summed E-state index contributed by atoms with van der Waals surface area (Å²) >= 11 is 0. The quantitative estimate of drug-likeness (QED) is 0.527. The summed E-state index contributed by atoms with van der Waals surface area (Å²) in [6.07, 6.45) is 2.23. The number of benzene rings is 1. The fraction of sp³-hybridized carbons (Fsp3) is 0.455. The van der Waals surface area contributed by atoms with Gasteiger partial charge < -0.3 is 20.6 Å². The number of carbonyl (C=O) groups excluding carboxylic acids is 1. The third kappa shape index (κ3) is 6.08. The van der Waals surface area contributed by atoms with Gasteiger partial charge in [-0.15, -0.1) is 0 Å². The van der Waals surface area contributed by atoms with E-state index in [4.69, 9.17) is 5.11 Å². The minimum Gasteiger partial charge on any atom is -0.465 e. The average Bonchev–Trinajstić information content (AvgIpc) is 2.81. The molecule has 0 aliphatic carbocycles. The first-order valence-corrected chi connectivity index (χ1v) is 11.2. The molecule has 0 spiro atoms. The Labute approximate surface area is 191 Å². The Hall–Kier alpha value is -3.44. The predicted octanol–water partition coefficient (Wildman–Crippen LogP) is 0.902. The van der Waals surface area contributed by atoms with Crippen molar-refractivity contribution in [2.45, 2.75) is 25.4 Å². The molecule has 0 bridgehead atoms. The molecule has 2 aliphatic rings. The first-order valence-electron chi connectivity index (χ1n) is 11.2. The number of amides is 3. The van der Waals surface area contributed by atoms with Crippen molar-refractivity contribution in [3.05, 3.63) is 52.6 Å². The van der Waals surface area contributed by atoms with Crippen LogP contribution in [0.15, 0.2) is 41.3 Å². The highest BCUT2D eigenvalue weighted by atomic mass is 16.4. The lowest BCUT2D eigenvalue weighted by atomic mass is 10.0. The second kappa shape index (κ2) is 10.5. The number of nitrogens with one attached hydrogen (secondary N) is 3. The summed E-state index contributed by atoms with van der Waals surface area (Å²) in [7, 11) is 0. The summed E-state index contributed by atoms with van der Waals surface area (Å²) in [4.78, 5) is 43.6. The number of aromatic nitrogens is 2. The highest BCUT2D eigenvalue weighted by molar-refractivity contribution is 5.88. The van der Waals surface area contributed by atoms with Gasteiger partial charge in [0.25, 0.3) is 0 Å². The Kier molecular flexibility index (Phi) is 7.20. The van der Waals surface area contributed by atoms with Gasteiger partial charge >= 0.3 is 17.8 Å². The number of piperidine rings is 1. The largest absolute Gasteiger partial charge is 0.465 e. The number of carboxylic acid groups (broad SMARTS) is 1.